The van der Waals surface area contributed by atoms with Gasteiger partial charge in [-0.15, -0.1) is 24.8 Å². The highest BCUT2D eigenvalue weighted by molar-refractivity contribution is 5.85. The van der Waals surface area contributed by atoms with Crippen LogP contribution in [0.25, 0.3) is 0 Å². The first-order valence-electron chi connectivity index (χ1n) is 6.79. The SMILES string of the molecule is CN1CCCC2CN(Cc3ccccc3)CC21.Cl.Cl. The molecule has 0 aromatic heterocycles. The van der Waals surface area contributed by atoms with Gasteiger partial charge in [-0.2, -0.15) is 0 Å². The fourth-order valence-electron chi connectivity index (χ4n) is 3.46. The lowest BCUT2D eigenvalue weighted by molar-refractivity contribution is 0.156. The van der Waals surface area contributed by atoms with E-state index >= 15 is 0 Å². The van der Waals surface area contributed by atoms with Crippen LogP contribution in [0.3, 0.4) is 0 Å². The van der Waals surface area contributed by atoms with Gasteiger partial charge in [-0.25, -0.2) is 0 Å². The Bertz CT molecular complexity index is 372. The summed E-state index contributed by atoms with van der Waals surface area (Å²) < 4.78 is 0. The fourth-order valence-corrected chi connectivity index (χ4v) is 3.46. The number of hydrogen-bond acceptors (Lipinski definition) is 2. The highest BCUT2D eigenvalue weighted by Crippen LogP contribution is 2.30. The molecule has 0 N–H and O–H groups in total. The van der Waals surface area contributed by atoms with Crippen molar-refractivity contribution in [1.29, 1.82) is 0 Å². The fraction of sp³-hybridized carbons (Fsp3) is 0.600. The molecule has 0 radical (unpaired) electrons. The van der Waals surface area contributed by atoms with Crippen molar-refractivity contribution in [1.82, 2.24) is 9.80 Å². The van der Waals surface area contributed by atoms with E-state index in [0.29, 0.717) is 0 Å². The molecule has 2 fully saturated rings. The summed E-state index contributed by atoms with van der Waals surface area (Å²) in [4.78, 5) is 5.20. The highest BCUT2D eigenvalue weighted by Gasteiger charge is 2.36. The average molecular weight is 303 g/mol. The normalized spacial score (nSPS) is 27.2. The molecule has 0 amide bonds. The van der Waals surface area contributed by atoms with Crippen LogP contribution in [-0.4, -0.2) is 42.5 Å². The standard InChI is InChI=1S/C15H22N2.2ClH/c1-16-9-5-8-14-11-17(12-15(14)16)10-13-6-3-2-4-7-13;;/h2-4,6-7,14-15H,5,8-12H2,1H3;2*1H. The molecule has 0 bridgehead atoms. The third-order valence-electron chi connectivity index (χ3n) is 4.38. The van der Waals surface area contributed by atoms with Crippen molar-refractivity contribution in [3.05, 3.63) is 35.9 Å². The van der Waals surface area contributed by atoms with Crippen molar-refractivity contribution >= 4 is 24.8 Å². The van der Waals surface area contributed by atoms with Crippen LogP contribution >= 0.6 is 24.8 Å². The average Bonchev–Trinajstić information content (AvgIpc) is 2.74. The Hall–Kier alpha value is -0.280. The predicted molar refractivity (Wildman–Crippen MR) is 85.4 cm³/mol. The van der Waals surface area contributed by atoms with E-state index in [1.807, 2.05) is 0 Å². The molecule has 3 rings (SSSR count). The summed E-state index contributed by atoms with van der Waals surface area (Å²) in [6, 6.07) is 11.7. The van der Waals surface area contributed by atoms with Gasteiger partial charge in [0.05, 0.1) is 0 Å². The van der Waals surface area contributed by atoms with E-state index in [4.69, 9.17) is 0 Å². The highest BCUT2D eigenvalue weighted by atomic mass is 35.5. The zero-order chi connectivity index (χ0) is 11.7. The Labute approximate surface area is 129 Å². The zero-order valence-corrected chi connectivity index (χ0v) is 13.1. The van der Waals surface area contributed by atoms with Crippen LogP contribution < -0.4 is 0 Å². The van der Waals surface area contributed by atoms with Crippen LogP contribution in [0.4, 0.5) is 0 Å². The van der Waals surface area contributed by atoms with Gasteiger partial charge in [-0.05, 0) is 37.9 Å². The van der Waals surface area contributed by atoms with Crippen LogP contribution in [0.2, 0.25) is 0 Å². The molecule has 108 valence electrons. The van der Waals surface area contributed by atoms with Crippen LogP contribution in [0.5, 0.6) is 0 Å². The molecular weight excluding hydrogens is 279 g/mol. The van der Waals surface area contributed by atoms with Crippen LogP contribution in [-0.2, 0) is 6.54 Å². The molecule has 19 heavy (non-hydrogen) atoms. The second-order valence-corrected chi connectivity index (χ2v) is 5.63. The molecule has 2 heterocycles. The van der Waals surface area contributed by atoms with Gasteiger partial charge in [-0.1, -0.05) is 30.3 Å². The summed E-state index contributed by atoms with van der Waals surface area (Å²) in [7, 11) is 2.29. The van der Waals surface area contributed by atoms with Crippen molar-refractivity contribution in [3.8, 4) is 0 Å². The Morgan fingerprint density at radius 2 is 1.84 bits per heavy atom. The van der Waals surface area contributed by atoms with Gasteiger partial charge in [0.25, 0.3) is 0 Å². The number of likely N-dealkylation sites (N-methyl/N-ethyl adjacent to an activating group) is 1. The third kappa shape index (κ3) is 3.85. The summed E-state index contributed by atoms with van der Waals surface area (Å²) in [6.45, 7) is 4.97. The summed E-state index contributed by atoms with van der Waals surface area (Å²) in [5.74, 6) is 0.914. The minimum absolute atomic E-state index is 0. The van der Waals surface area contributed by atoms with Crippen LogP contribution in [0.1, 0.15) is 18.4 Å². The number of nitrogens with zero attached hydrogens (tertiary/aromatic N) is 2. The maximum atomic E-state index is 2.63. The van der Waals surface area contributed by atoms with Crippen LogP contribution in [0.15, 0.2) is 30.3 Å². The first kappa shape index (κ1) is 16.8. The molecule has 0 saturated carbocycles. The van der Waals surface area contributed by atoms with E-state index in [9.17, 15) is 0 Å². The lowest BCUT2D eigenvalue weighted by atomic mass is 9.93. The van der Waals surface area contributed by atoms with E-state index in [2.05, 4.69) is 47.2 Å². The van der Waals surface area contributed by atoms with Crippen molar-refractivity contribution in [3.63, 3.8) is 0 Å². The predicted octanol–water partition coefficient (Wildman–Crippen LogP) is 3.06. The quantitative estimate of drug-likeness (QED) is 0.828. The maximum absolute atomic E-state index is 2.63. The van der Waals surface area contributed by atoms with Crippen molar-refractivity contribution in [2.45, 2.75) is 25.4 Å². The second kappa shape index (κ2) is 7.49. The van der Waals surface area contributed by atoms with Crippen LogP contribution in [0, 0.1) is 5.92 Å². The Morgan fingerprint density at radius 1 is 1.11 bits per heavy atom. The number of rotatable bonds is 2. The molecule has 1 aromatic rings. The molecule has 2 saturated heterocycles. The zero-order valence-electron chi connectivity index (χ0n) is 11.5. The molecule has 4 heteroatoms. The molecule has 2 atom stereocenters. The molecule has 2 aliphatic heterocycles. The van der Waals surface area contributed by atoms with Gasteiger partial charge in [0.2, 0.25) is 0 Å². The largest absolute Gasteiger partial charge is 0.302 e. The van der Waals surface area contributed by atoms with Gasteiger partial charge in [0.15, 0.2) is 0 Å². The molecule has 0 aliphatic carbocycles. The number of likely N-dealkylation sites (tertiary alicyclic amines) is 2. The number of hydrogen-bond donors (Lipinski definition) is 0. The molecule has 2 aliphatic rings. The third-order valence-corrected chi connectivity index (χ3v) is 4.38. The number of piperidine rings is 1. The van der Waals surface area contributed by atoms with E-state index in [-0.39, 0.29) is 24.8 Å². The molecule has 0 spiro atoms. The molecular formula is C15H24Cl2N2. The molecule has 1 aromatic carbocycles. The topological polar surface area (TPSA) is 6.48 Å². The van der Waals surface area contributed by atoms with Gasteiger partial charge >= 0.3 is 0 Å². The van der Waals surface area contributed by atoms with Gasteiger partial charge in [0, 0.05) is 25.7 Å². The maximum Gasteiger partial charge on any atom is 0.0260 e. The summed E-state index contributed by atoms with van der Waals surface area (Å²) in [5.41, 5.74) is 1.45. The summed E-state index contributed by atoms with van der Waals surface area (Å²) in [6.07, 6.45) is 2.82. The minimum Gasteiger partial charge on any atom is -0.302 e. The van der Waals surface area contributed by atoms with Gasteiger partial charge < -0.3 is 4.90 Å². The molecule has 2 unspecified atom stereocenters. The second-order valence-electron chi connectivity index (χ2n) is 5.63. The smallest absolute Gasteiger partial charge is 0.0260 e. The van der Waals surface area contributed by atoms with Gasteiger partial charge in [-0.3, -0.25) is 4.90 Å². The van der Waals surface area contributed by atoms with Crippen molar-refractivity contribution < 1.29 is 0 Å². The van der Waals surface area contributed by atoms with Crippen molar-refractivity contribution in [2.75, 3.05) is 26.7 Å². The number of halogens is 2. The lowest BCUT2D eigenvalue weighted by Gasteiger charge is -2.33. The number of fused-ring (bicyclic) bond motifs is 1. The van der Waals surface area contributed by atoms with E-state index in [1.165, 1.54) is 38.0 Å². The van der Waals surface area contributed by atoms with E-state index < -0.39 is 0 Å². The van der Waals surface area contributed by atoms with Crippen molar-refractivity contribution in [2.24, 2.45) is 5.92 Å². The van der Waals surface area contributed by atoms with E-state index in [0.717, 1.165) is 18.5 Å². The Kier molecular flexibility index (Phi) is 6.61. The first-order chi connectivity index (χ1) is 8.33. The summed E-state index contributed by atoms with van der Waals surface area (Å²) >= 11 is 0. The Balaban J connectivity index is 0.000000902. The first-order valence-corrected chi connectivity index (χ1v) is 6.79. The van der Waals surface area contributed by atoms with E-state index in [1.54, 1.807) is 0 Å². The number of benzene rings is 1. The lowest BCUT2D eigenvalue weighted by Crippen LogP contribution is -2.42. The minimum atomic E-state index is 0. The monoisotopic (exact) mass is 302 g/mol. The molecule has 2 nitrogen and oxygen atoms in total. The Morgan fingerprint density at radius 3 is 2.53 bits per heavy atom. The van der Waals surface area contributed by atoms with Gasteiger partial charge in [0.1, 0.15) is 0 Å². The summed E-state index contributed by atoms with van der Waals surface area (Å²) in [5, 5.41) is 0.